The first kappa shape index (κ1) is 22.1. The van der Waals surface area contributed by atoms with Gasteiger partial charge in [0.15, 0.2) is 0 Å². The lowest BCUT2D eigenvalue weighted by Crippen LogP contribution is -2.31. The molecule has 2 atom stereocenters. The van der Waals surface area contributed by atoms with Crippen molar-refractivity contribution in [2.45, 2.75) is 50.0 Å². The van der Waals surface area contributed by atoms with Gasteiger partial charge in [0.1, 0.15) is 0 Å². The maximum absolute atomic E-state index is 13.5. The second-order valence-corrected chi connectivity index (χ2v) is 11.2. The van der Waals surface area contributed by atoms with Gasteiger partial charge in [-0.1, -0.05) is 56.5 Å². The molecule has 0 unspecified atom stereocenters. The molecule has 2 aromatic carbocycles. The predicted molar refractivity (Wildman–Crippen MR) is 126 cm³/mol. The Kier molecular flexibility index (Phi) is 5.74. The van der Waals surface area contributed by atoms with Crippen molar-refractivity contribution in [3.05, 3.63) is 59.8 Å². The molecular weight excluding hydrogens is 438 g/mol. The molecule has 1 aliphatic heterocycles. The monoisotopic (exact) mass is 467 g/mol. The van der Waals surface area contributed by atoms with Crippen LogP contribution < -0.4 is 0 Å². The largest absolute Gasteiger partial charge is 0.481 e. The molecule has 7 nitrogen and oxygen atoms in total. The van der Waals surface area contributed by atoms with E-state index in [0.29, 0.717) is 29.6 Å². The Labute approximate surface area is 194 Å². The van der Waals surface area contributed by atoms with Crippen LogP contribution in [0.1, 0.15) is 43.5 Å². The summed E-state index contributed by atoms with van der Waals surface area (Å²) in [5, 5.41) is 14.9. The Morgan fingerprint density at radius 1 is 1.09 bits per heavy atom. The van der Waals surface area contributed by atoms with Gasteiger partial charge in [-0.05, 0) is 42.0 Å². The van der Waals surface area contributed by atoms with Gasteiger partial charge in [0.05, 0.1) is 28.6 Å². The Hall–Kier alpha value is -2.71. The third kappa shape index (κ3) is 3.95. The van der Waals surface area contributed by atoms with Crippen LogP contribution in [-0.2, 0) is 27.7 Å². The van der Waals surface area contributed by atoms with Gasteiger partial charge in [-0.2, -0.15) is 9.40 Å². The second kappa shape index (κ2) is 8.57. The number of aromatic nitrogens is 2. The van der Waals surface area contributed by atoms with E-state index in [0.717, 1.165) is 35.7 Å². The normalized spacial score (nSPS) is 22.0. The van der Waals surface area contributed by atoms with Crippen molar-refractivity contribution in [3.63, 3.8) is 0 Å². The minimum absolute atomic E-state index is 0.118. The molecule has 2 aliphatic rings. The highest BCUT2D eigenvalue weighted by atomic mass is 32.2. The summed E-state index contributed by atoms with van der Waals surface area (Å²) in [6.07, 6.45) is 4.08. The Balaban J connectivity index is 1.53. The summed E-state index contributed by atoms with van der Waals surface area (Å²) >= 11 is 0. The van der Waals surface area contributed by atoms with Gasteiger partial charge in [0, 0.05) is 18.5 Å². The summed E-state index contributed by atoms with van der Waals surface area (Å²) < 4.78 is 30.6. The number of nitrogens with zero attached hydrogens (tertiary/aromatic N) is 3. The molecule has 33 heavy (non-hydrogen) atoms. The molecule has 1 N–H and O–H groups in total. The third-order valence-electron chi connectivity index (χ3n) is 7.35. The quantitative estimate of drug-likeness (QED) is 0.569. The van der Waals surface area contributed by atoms with Crippen LogP contribution in [0, 0.1) is 11.8 Å². The van der Waals surface area contributed by atoms with Crippen molar-refractivity contribution in [2.75, 3.05) is 13.1 Å². The van der Waals surface area contributed by atoms with Gasteiger partial charge in [-0.15, -0.1) is 0 Å². The zero-order valence-electron chi connectivity index (χ0n) is 18.7. The van der Waals surface area contributed by atoms with Gasteiger partial charge in [-0.3, -0.25) is 9.48 Å². The zero-order valence-corrected chi connectivity index (χ0v) is 19.5. The van der Waals surface area contributed by atoms with Crippen LogP contribution in [0.3, 0.4) is 0 Å². The van der Waals surface area contributed by atoms with E-state index in [4.69, 9.17) is 5.10 Å². The van der Waals surface area contributed by atoms with E-state index in [1.807, 2.05) is 48.0 Å². The summed E-state index contributed by atoms with van der Waals surface area (Å²) in [7, 11) is -3.62. The molecule has 0 bridgehead atoms. The maximum Gasteiger partial charge on any atom is 0.309 e. The van der Waals surface area contributed by atoms with Gasteiger partial charge >= 0.3 is 5.97 Å². The number of rotatable bonds is 7. The van der Waals surface area contributed by atoms with E-state index >= 15 is 0 Å². The molecule has 0 amide bonds. The minimum atomic E-state index is -3.62. The number of carboxylic acid groups (broad SMARTS) is 1. The molecule has 2 fully saturated rings. The van der Waals surface area contributed by atoms with E-state index in [1.165, 1.54) is 6.42 Å². The molecule has 5 rings (SSSR count). The highest BCUT2D eigenvalue weighted by Crippen LogP contribution is 2.45. The highest BCUT2D eigenvalue weighted by molar-refractivity contribution is 7.89. The van der Waals surface area contributed by atoms with Crippen LogP contribution in [0.25, 0.3) is 10.9 Å². The summed E-state index contributed by atoms with van der Waals surface area (Å²) in [4.78, 5) is 11.7. The van der Waals surface area contributed by atoms with E-state index < -0.39 is 16.0 Å². The SMILES string of the molecule is CCc1ccc(S(=O)(=O)N2C[C@@H](C3CCC3)[C@@H](n3nc(CC(=O)O)c4ccccc43)C2)cc1. The van der Waals surface area contributed by atoms with Gasteiger partial charge in [0.25, 0.3) is 0 Å². The number of fused-ring (bicyclic) bond motifs is 1. The average Bonchev–Trinajstić information content (AvgIpc) is 3.35. The minimum Gasteiger partial charge on any atom is -0.481 e. The molecule has 1 saturated carbocycles. The fourth-order valence-corrected chi connectivity index (χ4v) is 6.79. The first-order valence-corrected chi connectivity index (χ1v) is 13.1. The fraction of sp³-hybridized carbons (Fsp3) is 0.440. The van der Waals surface area contributed by atoms with Crippen molar-refractivity contribution < 1.29 is 18.3 Å². The van der Waals surface area contributed by atoms with E-state index in [9.17, 15) is 18.3 Å². The number of sulfonamides is 1. The maximum atomic E-state index is 13.5. The number of hydrogen-bond acceptors (Lipinski definition) is 4. The van der Waals surface area contributed by atoms with Crippen LogP contribution >= 0.6 is 0 Å². The molecule has 2 heterocycles. The number of hydrogen-bond donors (Lipinski definition) is 1. The highest BCUT2D eigenvalue weighted by Gasteiger charge is 2.46. The van der Waals surface area contributed by atoms with E-state index in [2.05, 4.69) is 0 Å². The lowest BCUT2D eigenvalue weighted by atomic mass is 9.74. The summed E-state index contributed by atoms with van der Waals surface area (Å²) in [5.41, 5.74) is 2.51. The molecule has 3 aromatic rings. The van der Waals surface area contributed by atoms with E-state index in [-0.39, 0.29) is 18.4 Å². The summed E-state index contributed by atoms with van der Waals surface area (Å²) in [6, 6.07) is 14.7. The lowest BCUT2D eigenvalue weighted by molar-refractivity contribution is -0.136. The number of carbonyl (C=O) groups is 1. The van der Waals surface area contributed by atoms with Crippen molar-refractivity contribution in [2.24, 2.45) is 11.8 Å². The fourth-order valence-electron chi connectivity index (χ4n) is 5.29. The zero-order chi connectivity index (χ0) is 23.2. The molecule has 1 aliphatic carbocycles. The van der Waals surface area contributed by atoms with Crippen molar-refractivity contribution in [1.29, 1.82) is 0 Å². The Bertz CT molecular complexity index is 1280. The van der Waals surface area contributed by atoms with Crippen LogP contribution in [0.4, 0.5) is 0 Å². The molecule has 8 heteroatoms. The number of para-hydroxylation sites is 1. The Morgan fingerprint density at radius 2 is 1.82 bits per heavy atom. The molecular formula is C25H29N3O4S. The first-order chi connectivity index (χ1) is 15.9. The summed E-state index contributed by atoms with van der Waals surface area (Å²) in [6.45, 7) is 2.86. The molecule has 0 radical (unpaired) electrons. The Morgan fingerprint density at radius 3 is 2.45 bits per heavy atom. The van der Waals surface area contributed by atoms with Crippen molar-refractivity contribution >= 4 is 26.9 Å². The number of benzene rings is 2. The molecule has 174 valence electrons. The predicted octanol–water partition coefficient (Wildman–Crippen LogP) is 3.89. The van der Waals surface area contributed by atoms with Crippen LogP contribution in [0.2, 0.25) is 0 Å². The smallest absolute Gasteiger partial charge is 0.309 e. The van der Waals surface area contributed by atoms with Crippen LogP contribution in [0.15, 0.2) is 53.4 Å². The summed E-state index contributed by atoms with van der Waals surface area (Å²) in [5.74, 6) is -0.305. The third-order valence-corrected chi connectivity index (χ3v) is 9.19. The number of aryl methyl sites for hydroxylation is 1. The van der Waals surface area contributed by atoms with E-state index in [1.54, 1.807) is 16.4 Å². The van der Waals surface area contributed by atoms with Crippen LogP contribution in [-0.4, -0.2) is 46.7 Å². The average molecular weight is 468 g/mol. The van der Waals surface area contributed by atoms with Gasteiger partial charge in [0.2, 0.25) is 10.0 Å². The van der Waals surface area contributed by atoms with Gasteiger partial charge < -0.3 is 5.11 Å². The first-order valence-electron chi connectivity index (χ1n) is 11.7. The van der Waals surface area contributed by atoms with Gasteiger partial charge in [-0.25, -0.2) is 8.42 Å². The standard InChI is InChI=1S/C25H29N3O4S/c1-2-17-10-12-19(13-11-17)33(31,32)27-15-21(18-6-5-7-18)24(16-27)28-23-9-4-3-8-20(23)22(26-28)14-25(29)30/h3-4,8-13,18,21,24H,2,5-7,14-16H2,1H3,(H,29,30)/t21-,24-/m0/s1. The second-order valence-electron chi connectivity index (χ2n) is 9.22. The van der Waals surface area contributed by atoms with Crippen molar-refractivity contribution in [3.8, 4) is 0 Å². The van der Waals surface area contributed by atoms with Crippen LogP contribution in [0.5, 0.6) is 0 Å². The molecule has 1 saturated heterocycles. The lowest BCUT2D eigenvalue weighted by Gasteiger charge is -2.34. The van der Waals surface area contributed by atoms with Crippen molar-refractivity contribution in [1.82, 2.24) is 14.1 Å². The topological polar surface area (TPSA) is 92.5 Å². The number of aliphatic carboxylic acids is 1. The molecule has 0 spiro atoms. The molecule has 1 aromatic heterocycles. The number of carboxylic acids is 1.